The van der Waals surface area contributed by atoms with Gasteiger partial charge in [0.15, 0.2) is 0 Å². The first kappa shape index (κ1) is 16.7. The van der Waals surface area contributed by atoms with E-state index >= 15 is 0 Å². The van der Waals surface area contributed by atoms with Gasteiger partial charge in [0, 0.05) is 0 Å². The van der Waals surface area contributed by atoms with Crippen LogP contribution in [0.5, 0.6) is 0 Å². The molecule has 0 amide bonds. The van der Waals surface area contributed by atoms with Crippen molar-refractivity contribution < 1.29 is 14.6 Å². The number of aryl methyl sites for hydroxylation is 1. The monoisotopic (exact) mass is 278 g/mol. The van der Waals surface area contributed by atoms with Gasteiger partial charge in [0.2, 0.25) is 0 Å². The Balaban J connectivity index is 2.04. The highest BCUT2D eigenvalue weighted by atomic mass is 17.2. The Morgan fingerprint density at radius 3 is 2.35 bits per heavy atom. The molecule has 3 nitrogen and oxygen atoms in total. The standard InChI is InChI=1S/C17H26O3/c1-3-4-5-6-7-8-11-14-19-20-17(18)16-13-10-9-12-15(16)2/h9-10,12-13H,3-8,11,14H2,1-2H3. The molecule has 3 heteroatoms. The van der Waals surface area contributed by atoms with Crippen LogP contribution in [0.1, 0.15) is 67.8 Å². The highest BCUT2D eigenvalue weighted by Gasteiger charge is 2.10. The first-order valence-corrected chi connectivity index (χ1v) is 7.65. The molecule has 1 aromatic carbocycles. The zero-order valence-electron chi connectivity index (χ0n) is 12.7. The average molecular weight is 278 g/mol. The van der Waals surface area contributed by atoms with Gasteiger partial charge in [-0.2, -0.15) is 4.89 Å². The van der Waals surface area contributed by atoms with Crippen molar-refractivity contribution in [3.05, 3.63) is 35.4 Å². The van der Waals surface area contributed by atoms with Gasteiger partial charge in [-0.05, 0) is 25.0 Å². The summed E-state index contributed by atoms with van der Waals surface area (Å²) in [7, 11) is 0. The van der Waals surface area contributed by atoms with Gasteiger partial charge in [-0.3, -0.25) is 4.89 Å². The summed E-state index contributed by atoms with van der Waals surface area (Å²) in [4.78, 5) is 21.5. The van der Waals surface area contributed by atoms with Crippen LogP contribution in [0.25, 0.3) is 0 Å². The largest absolute Gasteiger partial charge is 0.373 e. The number of rotatable bonds is 10. The molecule has 0 saturated heterocycles. The van der Waals surface area contributed by atoms with Gasteiger partial charge in [-0.15, -0.1) is 0 Å². The Morgan fingerprint density at radius 1 is 1.00 bits per heavy atom. The minimum absolute atomic E-state index is 0.411. The zero-order chi connectivity index (χ0) is 14.6. The van der Waals surface area contributed by atoms with E-state index in [0.717, 1.165) is 18.4 Å². The molecule has 0 heterocycles. The maximum Gasteiger partial charge on any atom is 0.373 e. The lowest BCUT2D eigenvalue weighted by Crippen LogP contribution is -2.08. The van der Waals surface area contributed by atoms with Crippen LogP contribution in [0.15, 0.2) is 24.3 Å². The van der Waals surface area contributed by atoms with Gasteiger partial charge < -0.3 is 0 Å². The van der Waals surface area contributed by atoms with Gasteiger partial charge in [0.1, 0.15) is 0 Å². The highest BCUT2D eigenvalue weighted by molar-refractivity contribution is 5.90. The van der Waals surface area contributed by atoms with Crippen LogP contribution >= 0.6 is 0 Å². The summed E-state index contributed by atoms with van der Waals surface area (Å²) in [5, 5.41) is 0. The van der Waals surface area contributed by atoms with E-state index in [2.05, 4.69) is 6.92 Å². The molecule has 1 rings (SSSR count). The van der Waals surface area contributed by atoms with E-state index in [1.807, 2.05) is 25.1 Å². The van der Waals surface area contributed by atoms with Crippen molar-refractivity contribution in [2.24, 2.45) is 0 Å². The SMILES string of the molecule is CCCCCCCCCOOC(=O)c1ccccc1C. The summed E-state index contributed by atoms with van der Waals surface area (Å²) >= 11 is 0. The van der Waals surface area contributed by atoms with Crippen molar-refractivity contribution in [1.82, 2.24) is 0 Å². The first-order chi connectivity index (χ1) is 9.75. The number of unbranched alkanes of at least 4 members (excludes halogenated alkanes) is 6. The fourth-order valence-electron chi connectivity index (χ4n) is 2.06. The van der Waals surface area contributed by atoms with Crippen LogP contribution in [0, 0.1) is 6.92 Å². The van der Waals surface area contributed by atoms with Gasteiger partial charge in [0.05, 0.1) is 12.2 Å². The molecule has 0 unspecified atom stereocenters. The minimum atomic E-state index is -0.411. The maximum atomic E-state index is 11.7. The number of hydrogen-bond donors (Lipinski definition) is 0. The topological polar surface area (TPSA) is 35.5 Å². The fourth-order valence-corrected chi connectivity index (χ4v) is 2.06. The lowest BCUT2D eigenvalue weighted by molar-refractivity contribution is -0.241. The Labute approximate surface area is 122 Å². The molecule has 0 aliphatic carbocycles. The number of carbonyl (C=O) groups is 1. The Kier molecular flexibility index (Phi) is 8.72. The maximum absolute atomic E-state index is 11.7. The average Bonchev–Trinajstić information content (AvgIpc) is 2.46. The number of carbonyl (C=O) groups excluding carboxylic acids is 1. The van der Waals surface area contributed by atoms with E-state index in [0.29, 0.717) is 12.2 Å². The first-order valence-electron chi connectivity index (χ1n) is 7.65. The molecule has 0 fully saturated rings. The van der Waals surface area contributed by atoms with E-state index < -0.39 is 5.97 Å². The molecular formula is C17H26O3. The lowest BCUT2D eigenvalue weighted by Gasteiger charge is -2.05. The van der Waals surface area contributed by atoms with E-state index in [1.54, 1.807) is 6.07 Å². The van der Waals surface area contributed by atoms with Gasteiger partial charge in [-0.1, -0.05) is 63.6 Å². The van der Waals surface area contributed by atoms with Crippen LogP contribution in [0.2, 0.25) is 0 Å². The molecule has 1 aromatic rings. The molecule has 112 valence electrons. The fraction of sp³-hybridized carbons (Fsp3) is 0.588. The van der Waals surface area contributed by atoms with Crippen molar-refractivity contribution >= 4 is 5.97 Å². The predicted molar refractivity (Wildman–Crippen MR) is 80.5 cm³/mol. The van der Waals surface area contributed by atoms with Gasteiger partial charge in [0.25, 0.3) is 0 Å². The predicted octanol–water partition coefficient (Wildman–Crippen LogP) is 4.83. The lowest BCUT2D eigenvalue weighted by atomic mass is 10.1. The van der Waals surface area contributed by atoms with E-state index in [-0.39, 0.29) is 0 Å². The van der Waals surface area contributed by atoms with Crippen molar-refractivity contribution in [1.29, 1.82) is 0 Å². The third-order valence-electron chi connectivity index (χ3n) is 3.33. The molecule has 0 N–H and O–H groups in total. The molecule has 0 aliphatic heterocycles. The summed E-state index contributed by atoms with van der Waals surface area (Å²) in [5.74, 6) is -0.411. The molecule has 0 spiro atoms. The van der Waals surface area contributed by atoms with Gasteiger partial charge >= 0.3 is 5.97 Å². The van der Waals surface area contributed by atoms with E-state index in [1.165, 1.54) is 32.1 Å². The summed E-state index contributed by atoms with van der Waals surface area (Å²) in [6, 6.07) is 7.34. The number of hydrogen-bond acceptors (Lipinski definition) is 3. The minimum Gasteiger partial charge on any atom is -0.293 e. The molecule has 20 heavy (non-hydrogen) atoms. The second kappa shape index (κ2) is 10.4. The van der Waals surface area contributed by atoms with Crippen molar-refractivity contribution in [2.45, 2.75) is 58.8 Å². The van der Waals surface area contributed by atoms with E-state index in [9.17, 15) is 4.79 Å². The van der Waals surface area contributed by atoms with Crippen LogP contribution in [-0.2, 0) is 9.78 Å². The molecular weight excluding hydrogens is 252 g/mol. The van der Waals surface area contributed by atoms with Crippen molar-refractivity contribution in [3.8, 4) is 0 Å². The van der Waals surface area contributed by atoms with Crippen molar-refractivity contribution in [3.63, 3.8) is 0 Å². The summed E-state index contributed by atoms with van der Waals surface area (Å²) in [6.07, 6.45) is 8.51. The molecule has 0 aromatic heterocycles. The quantitative estimate of drug-likeness (QED) is 0.349. The second-order valence-corrected chi connectivity index (χ2v) is 5.13. The third-order valence-corrected chi connectivity index (χ3v) is 3.33. The Hall–Kier alpha value is -1.35. The van der Waals surface area contributed by atoms with Gasteiger partial charge in [-0.25, -0.2) is 4.79 Å². The normalized spacial score (nSPS) is 10.5. The summed E-state index contributed by atoms with van der Waals surface area (Å²) < 4.78 is 0. The summed E-state index contributed by atoms with van der Waals surface area (Å²) in [5.41, 5.74) is 1.46. The van der Waals surface area contributed by atoms with Crippen LogP contribution < -0.4 is 0 Å². The smallest absolute Gasteiger partial charge is 0.293 e. The van der Waals surface area contributed by atoms with Crippen molar-refractivity contribution in [2.75, 3.05) is 6.61 Å². The third kappa shape index (κ3) is 6.71. The van der Waals surface area contributed by atoms with Crippen LogP contribution in [-0.4, -0.2) is 12.6 Å². The number of benzene rings is 1. The summed E-state index contributed by atoms with van der Waals surface area (Å²) in [6.45, 7) is 4.58. The molecule has 0 bridgehead atoms. The van der Waals surface area contributed by atoms with E-state index in [4.69, 9.17) is 9.78 Å². The Bertz CT molecular complexity index is 388. The molecule has 0 atom stereocenters. The second-order valence-electron chi connectivity index (χ2n) is 5.13. The molecule has 0 saturated carbocycles. The van der Waals surface area contributed by atoms with Crippen LogP contribution in [0.4, 0.5) is 0 Å². The molecule has 0 aliphatic rings. The highest BCUT2D eigenvalue weighted by Crippen LogP contribution is 2.10. The Morgan fingerprint density at radius 2 is 1.65 bits per heavy atom. The zero-order valence-corrected chi connectivity index (χ0v) is 12.7. The van der Waals surface area contributed by atoms with Crippen LogP contribution in [0.3, 0.4) is 0 Å². The molecule has 0 radical (unpaired) electrons.